The van der Waals surface area contributed by atoms with Gasteiger partial charge in [0.2, 0.25) is 11.0 Å². The molecule has 24 heavy (non-hydrogen) atoms. The molecule has 2 aromatic carbocycles. The van der Waals surface area contributed by atoms with Gasteiger partial charge in [-0.2, -0.15) is 4.73 Å². The van der Waals surface area contributed by atoms with Crippen LogP contribution in [0.25, 0.3) is 22.1 Å². The summed E-state index contributed by atoms with van der Waals surface area (Å²) in [5.41, 5.74) is 2.29. The predicted molar refractivity (Wildman–Crippen MR) is 96.3 cm³/mol. The van der Waals surface area contributed by atoms with Gasteiger partial charge in [-0.3, -0.25) is 4.79 Å². The van der Waals surface area contributed by atoms with Crippen LogP contribution in [0, 0.1) is 5.21 Å². The molecule has 126 valence electrons. The van der Waals surface area contributed by atoms with Gasteiger partial charge in [0.05, 0.1) is 5.56 Å². The highest BCUT2D eigenvalue weighted by atomic mass is 35.5. The fraction of sp³-hybridized carbons (Fsp3) is 0.235. The molecule has 0 aliphatic heterocycles. The van der Waals surface area contributed by atoms with E-state index in [0.29, 0.717) is 34.2 Å². The number of para-hydroxylation sites is 3. The topological polar surface area (TPSA) is 72.2 Å². The van der Waals surface area contributed by atoms with E-state index in [2.05, 4.69) is 10.3 Å². The van der Waals surface area contributed by atoms with E-state index in [4.69, 9.17) is 0 Å². The number of benzene rings is 2. The summed E-state index contributed by atoms with van der Waals surface area (Å²) < 4.78 is 0.828. The van der Waals surface area contributed by atoms with Gasteiger partial charge in [0.15, 0.2) is 0 Å². The third kappa shape index (κ3) is 3.39. The summed E-state index contributed by atoms with van der Waals surface area (Å²) in [4.78, 5) is 18.9. The first-order valence-electron chi connectivity index (χ1n) is 7.42. The summed E-state index contributed by atoms with van der Waals surface area (Å²) in [6.45, 7) is 1.28. The summed E-state index contributed by atoms with van der Waals surface area (Å²) >= 11 is 0. The van der Waals surface area contributed by atoms with Crippen LogP contribution in [0.4, 0.5) is 0 Å². The largest absolute Gasteiger partial charge is 0.618 e. The number of fused-ring (bicyclic) bond motifs is 2. The highest BCUT2D eigenvalue weighted by Crippen LogP contribution is 2.17. The molecule has 0 fully saturated rings. The molecule has 0 saturated heterocycles. The molecule has 0 bridgehead atoms. The SMILES string of the molecule is CN(C)CCNC(=O)c1cccc2c1nc1ccccc1[n+]2[O-].Cl. The van der Waals surface area contributed by atoms with E-state index in [1.807, 2.05) is 25.1 Å². The smallest absolute Gasteiger partial charge is 0.253 e. The Hall–Kier alpha value is -2.44. The van der Waals surface area contributed by atoms with Crippen LogP contribution in [0.3, 0.4) is 0 Å². The number of rotatable bonds is 4. The molecule has 3 rings (SSSR count). The molecule has 1 amide bonds. The number of hydrogen-bond donors (Lipinski definition) is 1. The van der Waals surface area contributed by atoms with Gasteiger partial charge in [-0.05, 0) is 26.2 Å². The molecule has 7 heteroatoms. The zero-order valence-corrected chi connectivity index (χ0v) is 14.3. The highest BCUT2D eigenvalue weighted by molar-refractivity contribution is 6.05. The lowest BCUT2D eigenvalue weighted by Crippen LogP contribution is -2.33. The van der Waals surface area contributed by atoms with Crippen LogP contribution in [0.2, 0.25) is 0 Å². The van der Waals surface area contributed by atoms with Gasteiger partial charge in [0.1, 0.15) is 11.0 Å². The van der Waals surface area contributed by atoms with Crippen LogP contribution in [-0.2, 0) is 0 Å². The summed E-state index contributed by atoms with van der Waals surface area (Å²) in [5, 5.41) is 15.4. The Bertz CT molecular complexity index is 883. The number of aromatic nitrogens is 2. The Kier molecular flexibility index (Phi) is 5.54. The minimum atomic E-state index is -0.222. The second kappa shape index (κ2) is 7.42. The maximum absolute atomic E-state index is 12.5. The minimum Gasteiger partial charge on any atom is -0.618 e. The first-order chi connectivity index (χ1) is 11.1. The summed E-state index contributed by atoms with van der Waals surface area (Å²) in [6.07, 6.45) is 0. The first kappa shape index (κ1) is 17.9. The normalized spacial score (nSPS) is 10.8. The third-order valence-electron chi connectivity index (χ3n) is 3.66. The predicted octanol–water partition coefficient (Wildman–Crippen LogP) is 1.73. The summed E-state index contributed by atoms with van der Waals surface area (Å²) in [6, 6.07) is 12.2. The van der Waals surface area contributed by atoms with Crippen molar-refractivity contribution in [2.45, 2.75) is 0 Å². The first-order valence-corrected chi connectivity index (χ1v) is 7.42. The zero-order valence-electron chi connectivity index (χ0n) is 13.5. The van der Waals surface area contributed by atoms with Gasteiger partial charge in [-0.1, -0.05) is 18.2 Å². The van der Waals surface area contributed by atoms with Crippen LogP contribution in [-0.4, -0.2) is 43.0 Å². The van der Waals surface area contributed by atoms with Gasteiger partial charge in [0, 0.05) is 25.2 Å². The molecule has 6 nitrogen and oxygen atoms in total. The molecular weight excluding hydrogens is 328 g/mol. The average molecular weight is 347 g/mol. The molecule has 0 unspecified atom stereocenters. The van der Waals surface area contributed by atoms with Crippen molar-refractivity contribution in [1.29, 1.82) is 0 Å². The Balaban J connectivity index is 0.00000208. The Morgan fingerprint density at radius 2 is 1.88 bits per heavy atom. The number of carbonyl (C=O) groups excluding carboxylic acids is 1. The number of carbonyl (C=O) groups is 1. The van der Waals surface area contributed by atoms with E-state index < -0.39 is 0 Å². The van der Waals surface area contributed by atoms with Gasteiger partial charge >= 0.3 is 0 Å². The molecule has 1 heterocycles. The van der Waals surface area contributed by atoms with Crippen LogP contribution >= 0.6 is 12.4 Å². The second-order valence-electron chi connectivity index (χ2n) is 5.63. The number of nitrogens with one attached hydrogen (secondary N) is 1. The fourth-order valence-electron chi connectivity index (χ4n) is 2.46. The van der Waals surface area contributed by atoms with Crippen molar-refractivity contribution in [2.24, 2.45) is 0 Å². The zero-order chi connectivity index (χ0) is 16.4. The lowest BCUT2D eigenvalue weighted by Gasteiger charge is -2.11. The van der Waals surface area contributed by atoms with E-state index in [9.17, 15) is 10.0 Å². The lowest BCUT2D eigenvalue weighted by molar-refractivity contribution is -0.548. The van der Waals surface area contributed by atoms with Crippen molar-refractivity contribution < 1.29 is 9.52 Å². The average Bonchev–Trinajstić information content (AvgIpc) is 2.54. The van der Waals surface area contributed by atoms with E-state index in [0.717, 1.165) is 11.3 Å². The number of amides is 1. The molecule has 1 aromatic heterocycles. The van der Waals surface area contributed by atoms with Gasteiger partial charge in [0.25, 0.3) is 5.91 Å². The Morgan fingerprint density at radius 1 is 1.17 bits per heavy atom. The van der Waals surface area contributed by atoms with Crippen molar-refractivity contribution in [2.75, 3.05) is 27.2 Å². The van der Waals surface area contributed by atoms with E-state index >= 15 is 0 Å². The van der Waals surface area contributed by atoms with Gasteiger partial charge in [-0.25, -0.2) is 4.98 Å². The van der Waals surface area contributed by atoms with Crippen molar-refractivity contribution in [3.63, 3.8) is 0 Å². The van der Waals surface area contributed by atoms with E-state index in [1.165, 1.54) is 0 Å². The number of halogens is 1. The molecule has 0 spiro atoms. The number of nitrogens with zero attached hydrogens (tertiary/aromatic N) is 3. The second-order valence-corrected chi connectivity index (χ2v) is 5.63. The molecule has 0 atom stereocenters. The summed E-state index contributed by atoms with van der Waals surface area (Å²) in [7, 11) is 3.89. The third-order valence-corrected chi connectivity index (χ3v) is 3.66. The minimum absolute atomic E-state index is 0. The van der Waals surface area contributed by atoms with Crippen molar-refractivity contribution in [1.82, 2.24) is 15.2 Å². The van der Waals surface area contributed by atoms with Crippen LogP contribution in [0.15, 0.2) is 42.5 Å². The fourth-order valence-corrected chi connectivity index (χ4v) is 2.46. The van der Waals surface area contributed by atoms with E-state index in [-0.39, 0.29) is 18.3 Å². The van der Waals surface area contributed by atoms with Gasteiger partial charge in [-0.15, -0.1) is 12.4 Å². The van der Waals surface area contributed by atoms with Crippen molar-refractivity contribution in [3.05, 3.63) is 53.2 Å². The molecule has 0 aliphatic carbocycles. The molecule has 0 saturated carbocycles. The molecular formula is C17H19ClN4O2. The standard InChI is InChI=1S/C17H18N4O2.ClH/c1-20(2)11-10-18-17(22)12-6-5-9-15-16(12)19-13-7-3-4-8-14(13)21(15)23;/h3-9H,10-11H2,1-2H3,(H,18,22);1H. The van der Waals surface area contributed by atoms with Crippen molar-refractivity contribution >= 4 is 40.4 Å². The van der Waals surface area contributed by atoms with Gasteiger partial charge < -0.3 is 15.4 Å². The maximum atomic E-state index is 12.5. The van der Waals surface area contributed by atoms with Crippen LogP contribution in [0.1, 0.15) is 10.4 Å². The Morgan fingerprint density at radius 3 is 2.62 bits per heavy atom. The van der Waals surface area contributed by atoms with Crippen LogP contribution < -0.4 is 10.0 Å². The highest BCUT2D eigenvalue weighted by Gasteiger charge is 2.18. The lowest BCUT2D eigenvalue weighted by atomic mass is 10.1. The quantitative estimate of drug-likeness (QED) is 0.443. The van der Waals surface area contributed by atoms with E-state index in [1.54, 1.807) is 36.4 Å². The number of likely N-dealkylation sites (N-methyl/N-ethyl adjacent to an activating group) is 1. The van der Waals surface area contributed by atoms with Crippen molar-refractivity contribution in [3.8, 4) is 0 Å². The molecule has 0 aliphatic rings. The summed E-state index contributed by atoms with van der Waals surface area (Å²) in [5.74, 6) is -0.222. The molecule has 1 N–H and O–H groups in total. The van der Waals surface area contributed by atoms with Crippen LogP contribution in [0.5, 0.6) is 0 Å². The molecule has 3 aromatic rings. The monoisotopic (exact) mass is 346 g/mol. The number of hydrogen-bond acceptors (Lipinski definition) is 4. The molecule has 0 radical (unpaired) electrons. The Labute approximate surface area is 146 Å². The maximum Gasteiger partial charge on any atom is 0.253 e.